The van der Waals surface area contributed by atoms with Gasteiger partial charge in [-0.2, -0.15) is 4.59 Å². The van der Waals surface area contributed by atoms with Gasteiger partial charge >= 0.3 is 5.97 Å². The molecule has 8 nitrogen and oxygen atoms in total. The number of quaternary nitrogens is 1. The lowest BCUT2D eigenvalue weighted by molar-refractivity contribution is -0.844. The van der Waals surface area contributed by atoms with Crippen LogP contribution in [0.4, 0.5) is 0 Å². The maximum absolute atomic E-state index is 12.0. The molecule has 2 N–H and O–H groups in total. The number of carbonyl (C=O) groups is 1. The van der Waals surface area contributed by atoms with Crippen molar-refractivity contribution in [3.63, 3.8) is 0 Å². The molecule has 1 aromatic heterocycles. The van der Waals surface area contributed by atoms with Crippen LogP contribution in [-0.4, -0.2) is 55.6 Å². The van der Waals surface area contributed by atoms with Gasteiger partial charge in [-0.3, -0.25) is 0 Å². The van der Waals surface area contributed by atoms with Crippen LogP contribution in [0.3, 0.4) is 0 Å². The molecule has 4 rings (SSSR count). The molecule has 0 bridgehead atoms. The first-order chi connectivity index (χ1) is 14.4. The number of nitrogens with zero attached hydrogens (tertiary/aromatic N) is 5. The lowest BCUT2D eigenvalue weighted by atomic mass is 9.96. The number of hydrogen-bond donors (Lipinski definition) is 2. The predicted molar refractivity (Wildman–Crippen MR) is 114 cm³/mol. The van der Waals surface area contributed by atoms with E-state index < -0.39 is 5.97 Å². The second-order valence-corrected chi connectivity index (χ2v) is 7.45. The summed E-state index contributed by atoms with van der Waals surface area (Å²) < 4.78 is 0.240. The molecule has 3 aromatic rings. The molecular formula is C22H23N6O2+. The molecule has 30 heavy (non-hydrogen) atoms. The van der Waals surface area contributed by atoms with Crippen LogP contribution in [0.15, 0.2) is 59.2 Å². The standard InChI is InChI=1S/C22H22N6O2/c1-4-13-28(3)20(19(22(29)30)14(2)25-28)16-11-9-15(10-12-16)17-7-5-6-8-18(17)21-23-26-27-24-21/h5-12H,4,13H2,1-3H3,(H-,23,24,25,26,27,29,30)/p+1. The highest BCUT2D eigenvalue weighted by Crippen LogP contribution is 2.38. The fourth-order valence-electron chi connectivity index (χ4n) is 4.14. The second-order valence-electron chi connectivity index (χ2n) is 7.45. The number of tetrazole rings is 1. The molecule has 0 saturated carbocycles. The number of aromatic amines is 1. The monoisotopic (exact) mass is 403 g/mol. The number of carboxylic acids is 1. The summed E-state index contributed by atoms with van der Waals surface area (Å²) in [5.41, 5.74) is 5.29. The minimum atomic E-state index is -0.948. The van der Waals surface area contributed by atoms with Crippen LogP contribution in [0.25, 0.3) is 28.2 Å². The second kappa shape index (κ2) is 7.64. The molecule has 1 aliphatic heterocycles. The molecule has 0 aliphatic carbocycles. The van der Waals surface area contributed by atoms with Gasteiger partial charge in [0.05, 0.1) is 7.05 Å². The van der Waals surface area contributed by atoms with Crippen molar-refractivity contribution >= 4 is 17.4 Å². The molecule has 1 atom stereocenters. The van der Waals surface area contributed by atoms with Gasteiger partial charge in [-0.15, -0.1) is 5.10 Å². The number of H-pyrrole nitrogens is 1. The molecule has 0 fully saturated rings. The van der Waals surface area contributed by atoms with Crippen molar-refractivity contribution in [3.8, 4) is 22.5 Å². The molecule has 1 aliphatic rings. The van der Waals surface area contributed by atoms with E-state index in [1.165, 1.54) is 0 Å². The van der Waals surface area contributed by atoms with E-state index in [4.69, 9.17) is 0 Å². The number of hydrogen-bond acceptors (Lipinski definition) is 5. The smallest absolute Gasteiger partial charge is 0.344 e. The van der Waals surface area contributed by atoms with Gasteiger partial charge in [0.15, 0.2) is 11.5 Å². The van der Waals surface area contributed by atoms with Gasteiger partial charge in [-0.25, -0.2) is 9.89 Å². The number of carboxylic acid groups (broad SMARTS) is 1. The highest BCUT2D eigenvalue weighted by atomic mass is 16.4. The zero-order chi connectivity index (χ0) is 21.3. The maximum atomic E-state index is 12.0. The first-order valence-corrected chi connectivity index (χ1v) is 9.79. The molecule has 8 heteroatoms. The normalized spacial score (nSPS) is 18.6. The van der Waals surface area contributed by atoms with Gasteiger partial charge in [0.2, 0.25) is 0 Å². The Kier molecular flexibility index (Phi) is 5.01. The number of aromatic nitrogens is 4. The number of rotatable bonds is 6. The zero-order valence-electron chi connectivity index (χ0n) is 17.1. The summed E-state index contributed by atoms with van der Waals surface area (Å²) in [6.45, 7) is 4.56. The van der Waals surface area contributed by atoms with Gasteiger partial charge in [0, 0.05) is 11.1 Å². The van der Waals surface area contributed by atoms with Crippen LogP contribution in [0.1, 0.15) is 25.8 Å². The van der Waals surface area contributed by atoms with Crippen LogP contribution in [0, 0.1) is 0 Å². The Balaban J connectivity index is 1.79. The van der Waals surface area contributed by atoms with Gasteiger partial charge in [-0.05, 0) is 47.0 Å². The van der Waals surface area contributed by atoms with E-state index in [2.05, 4.69) is 32.6 Å². The summed E-state index contributed by atoms with van der Waals surface area (Å²) in [5, 5.41) is 28.7. The third kappa shape index (κ3) is 3.31. The quantitative estimate of drug-likeness (QED) is 0.612. The summed E-state index contributed by atoms with van der Waals surface area (Å²) in [7, 11) is 1.96. The Hall–Kier alpha value is -3.65. The Morgan fingerprint density at radius 2 is 1.73 bits per heavy atom. The molecule has 1 unspecified atom stereocenters. The first-order valence-electron chi connectivity index (χ1n) is 9.79. The van der Waals surface area contributed by atoms with E-state index in [0.717, 1.165) is 40.9 Å². The SMILES string of the molecule is CCC[N+]1(C)N=C(C)C(C(=O)O)=C1c1ccc(-c2ccccc2-c2nnn[nH]2)cc1. The first kappa shape index (κ1) is 19.7. The highest BCUT2D eigenvalue weighted by molar-refractivity contribution is 6.23. The van der Waals surface area contributed by atoms with Gasteiger partial charge in [-0.1, -0.05) is 48.4 Å². The molecule has 0 spiro atoms. The average molecular weight is 403 g/mol. The number of benzene rings is 2. The summed E-state index contributed by atoms with van der Waals surface area (Å²) in [6, 6.07) is 15.8. The fraction of sp³-hybridized carbons (Fsp3) is 0.227. The van der Waals surface area contributed by atoms with Crippen molar-refractivity contribution in [2.45, 2.75) is 20.3 Å². The van der Waals surface area contributed by atoms with E-state index in [-0.39, 0.29) is 10.2 Å². The largest absolute Gasteiger partial charge is 0.477 e. The van der Waals surface area contributed by atoms with Crippen molar-refractivity contribution < 1.29 is 14.5 Å². The van der Waals surface area contributed by atoms with Gasteiger partial charge in [0.25, 0.3) is 0 Å². The summed E-state index contributed by atoms with van der Waals surface area (Å²) in [5.74, 6) is -0.353. The van der Waals surface area contributed by atoms with E-state index in [0.29, 0.717) is 11.5 Å². The van der Waals surface area contributed by atoms with Crippen LogP contribution >= 0.6 is 0 Å². The third-order valence-electron chi connectivity index (χ3n) is 5.32. The molecule has 2 heterocycles. The lowest BCUT2D eigenvalue weighted by Gasteiger charge is -2.26. The van der Waals surface area contributed by atoms with E-state index >= 15 is 0 Å². The average Bonchev–Trinajstić information content (AvgIpc) is 3.34. The van der Waals surface area contributed by atoms with Crippen LogP contribution in [0.5, 0.6) is 0 Å². The summed E-state index contributed by atoms with van der Waals surface area (Å²) in [6.07, 6.45) is 0.889. The molecule has 0 radical (unpaired) electrons. The lowest BCUT2D eigenvalue weighted by Crippen LogP contribution is -2.35. The molecule has 0 amide bonds. The molecule has 2 aromatic carbocycles. The van der Waals surface area contributed by atoms with Crippen molar-refractivity contribution in [3.05, 3.63) is 59.7 Å². The Morgan fingerprint density at radius 1 is 1.07 bits per heavy atom. The topological polar surface area (TPSA) is 104 Å². The minimum Gasteiger partial charge on any atom is -0.477 e. The Labute approximate surface area is 174 Å². The van der Waals surface area contributed by atoms with Crippen molar-refractivity contribution in [2.24, 2.45) is 5.10 Å². The number of nitrogens with one attached hydrogen (secondary N) is 1. The van der Waals surface area contributed by atoms with Crippen LogP contribution < -0.4 is 0 Å². The van der Waals surface area contributed by atoms with Gasteiger partial charge < -0.3 is 5.11 Å². The molecule has 0 saturated heterocycles. The van der Waals surface area contributed by atoms with Crippen LogP contribution in [0.2, 0.25) is 0 Å². The summed E-state index contributed by atoms with van der Waals surface area (Å²) >= 11 is 0. The van der Waals surface area contributed by atoms with E-state index in [1.807, 2.05) is 55.6 Å². The third-order valence-corrected chi connectivity index (χ3v) is 5.32. The zero-order valence-corrected chi connectivity index (χ0v) is 17.1. The Bertz CT molecular complexity index is 1150. The van der Waals surface area contributed by atoms with Crippen molar-refractivity contribution in [1.82, 2.24) is 20.6 Å². The van der Waals surface area contributed by atoms with Crippen LogP contribution in [-0.2, 0) is 4.79 Å². The van der Waals surface area contributed by atoms with E-state index in [9.17, 15) is 9.90 Å². The van der Waals surface area contributed by atoms with Crippen molar-refractivity contribution in [1.29, 1.82) is 0 Å². The minimum absolute atomic E-state index is 0.240. The number of aliphatic carboxylic acids is 1. The highest BCUT2D eigenvalue weighted by Gasteiger charge is 2.41. The molecule has 152 valence electrons. The summed E-state index contributed by atoms with van der Waals surface area (Å²) in [4.78, 5) is 12.0. The fourth-order valence-corrected chi connectivity index (χ4v) is 4.14. The van der Waals surface area contributed by atoms with Gasteiger partial charge in [0.1, 0.15) is 17.8 Å². The molecular weight excluding hydrogens is 380 g/mol. The maximum Gasteiger partial charge on any atom is 0.344 e. The van der Waals surface area contributed by atoms with E-state index in [1.54, 1.807) is 6.92 Å². The Morgan fingerprint density at radius 3 is 2.33 bits per heavy atom. The predicted octanol–water partition coefficient (Wildman–Crippen LogP) is 3.58. The van der Waals surface area contributed by atoms with Crippen molar-refractivity contribution in [2.75, 3.05) is 13.6 Å².